The van der Waals surface area contributed by atoms with Crippen molar-refractivity contribution < 1.29 is 0 Å². The third-order valence-electron chi connectivity index (χ3n) is 3.28. The van der Waals surface area contributed by atoms with Crippen molar-refractivity contribution in [1.29, 1.82) is 0 Å². The van der Waals surface area contributed by atoms with Crippen molar-refractivity contribution >= 4 is 0 Å². The van der Waals surface area contributed by atoms with Crippen LogP contribution in [0.3, 0.4) is 0 Å². The summed E-state index contributed by atoms with van der Waals surface area (Å²) in [5.41, 5.74) is 0. The summed E-state index contributed by atoms with van der Waals surface area (Å²) in [4.78, 5) is 2.47. The molecule has 17 heavy (non-hydrogen) atoms. The lowest BCUT2D eigenvalue weighted by Crippen LogP contribution is -2.44. The molecule has 1 N–H and O–H groups in total. The second-order valence-corrected chi connectivity index (χ2v) is 5.31. The predicted molar refractivity (Wildman–Crippen MR) is 67.6 cm³/mol. The topological polar surface area (TPSA) is 46.0 Å². The molecule has 0 aromatic carbocycles. The van der Waals surface area contributed by atoms with Gasteiger partial charge in [0.05, 0.1) is 6.54 Å². The molecule has 5 nitrogen and oxygen atoms in total. The second kappa shape index (κ2) is 5.60. The van der Waals surface area contributed by atoms with Gasteiger partial charge in [-0.25, -0.2) is 0 Å². The summed E-state index contributed by atoms with van der Waals surface area (Å²) in [6.45, 7) is 11.9. The molecule has 0 bridgehead atoms. The predicted octanol–water partition coefficient (Wildman–Crippen LogP) is 0.728. The monoisotopic (exact) mass is 237 g/mol. The zero-order valence-electron chi connectivity index (χ0n) is 11.1. The highest BCUT2D eigenvalue weighted by atomic mass is 15.3. The zero-order chi connectivity index (χ0) is 12.3. The van der Waals surface area contributed by atoms with Gasteiger partial charge in [-0.15, -0.1) is 10.2 Å². The van der Waals surface area contributed by atoms with Crippen LogP contribution in [-0.4, -0.2) is 45.3 Å². The SMILES string of the molecule is CC(C)CNCC(C)N1CCn2cnnc2C1. The molecule has 2 heterocycles. The maximum absolute atomic E-state index is 4.15. The van der Waals surface area contributed by atoms with E-state index in [9.17, 15) is 0 Å². The molecule has 0 amide bonds. The van der Waals surface area contributed by atoms with Gasteiger partial charge in [-0.1, -0.05) is 13.8 Å². The van der Waals surface area contributed by atoms with Crippen molar-refractivity contribution in [2.24, 2.45) is 5.92 Å². The van der Waals surface area contributed by atoms with E-state index in [0.717, 1.165) is 38.5 Å². The normalized spacial score (nSPS) is 18.4. The van der Waals surface area contributed by atoms with Gasteiger partial charge in [-0.2, -0.15) is 0 Å². The quantitative estimate of drug-likeness (QED) is 0.820. The Morgan fingerprint density at radius 3 is 2.88 bits per heavy atom. The summed E-state index contributed by atoms with van der Waals surface area (Å²) in [7, 11) is 0. The van der Waals surface area contributed by atoms with E-state index in [4.69, 9.17) is 0 Å². The molecule has 96 valence electrons. The second-order valence-electron chi connectivity index (χ2n) is 5.31. The van der Waals surface area contributed by atoms with Crippen LogP contribution >= 0.6 is 0 Å². The van der Waals surface area contributed by atoms with Crippen molar-refractivity contribution in [3.63, 3.8) is 0 Å². The summed E-state index contributed by atoms with van der Waals surface area (Å²) >= 11 is 0. The number of rotatable bonds is 5. The minimum atomic E-state index is 0.555. The van der Waals surface area contributed by atoms with E-state index in [0.29, 0.717) is 12.0 Å². The molecule has 0 saturated heterocycles. The van der Waals surface area contributed by atoms with Crippen molar-refractivity contribution in [2.45, 2.75) is 39.9 Å². The number of nitrogens with one attached hydrogen (secondary N) is 1. The van der Waals surface area contributed by atoms with Gasteiger partial charge in [0.25, 0.3) is 0 Å². The number of hydrogen-bond acceptors (Lipinski definition) is 4. The molecule has 0 spiro atoms. The van der Waals surface area contributed by atoms with Gasteiger partial charge < -0.3 is 9.88 Å². The molecular weight excluding hydrogens is 214 g/mol. The Bertz CT molecular complexity index is 346. The van der Waals surface area contributed by atoms with Crippen molar-refractivity contribution in [3.05, 3.63) is 12.2 Å². The van der Waals surface area contributed by atoms with Crippen LogP contribution in [-0.2, 0) is 13.1 Å². The van der Waals surface area contributed by atoms with Crippen LogP contribution in [0, 0.1) is 5.92 Å². The summed E-state index contributed by atoms with van der Waals surface area (Å²) in [5.74, 6) is 1.80. The molecule has 1 unspecified atom stereocenters. The Balaban J connectivity index is 1.79. The molecule has 2 rings (SSSR count). The van der Waals surface area contributed by atoms with Crippen molar-refractivity contribution in [1.82, 2.24) is 25.0 Å². The van der Waals surface area contributed by atoms with Crippen molar-refractivity contribution in [2.75, 3.05) is 19.6 Å². The van der Waals surface area contributed by atoms with Gasteiger partial charge in [0, 0.05) is 25.7 Å². The van der Waals surface area contributed by atoms with Crippen LogP contribution in [0.2, 0.25) is 0 Å². The Kier molecular flexibility index (Phi) is 4.12. The highest BCUT2D eigenvalue weighted by Gasteiger charge is 2.21. The fraction of sp³-hybridized carbons (Fsp3) is 0.833. The van der Waals surface area contributed by atoms with Crippen LogP contribution in [0.25, 0.3) is 0 Å². The molecule has 1 aromatic rings. The Hall–Kier alpha value is -0.940. The molecule has 5 heteroatoms. The third kappa shape index (κ3) is 3.26. The lowest BCUT2D eigenvalue weighted by Gasteiger charge is -2.32. The van der Waals surface area contributed by atoms with E-state index in [1.54, 1.807) is 0 Å². The summed E-state index contributed by atoms with van der Waals surface area (Å²) in [6.07, 6.45) is 1.83. The summed E-state index contributed by atoms with van der Waals surface area (Å²) in [6, 6.07) is 0.555. The maximum atomic E-state index is 4.15. The molecule has 1 atom stereocenters. The molecule has 0 fully saturated rings. The molecule has 0 radical (unpaired) electrons. The Morgan fingerprint density at radius 2 is 2.12 bits per heavy atom. The van der Waals surface area contributed by atoms with Crippen LogP contribution in [0.1, 0.15) is 26.6 Å². The van der Waals surface area contributed by atoms with E-state index in [-0.39, 0.29) is 0 Å². The lowest BCUT2D eigenvalue weighted by atomic mass is 10.2. The standard InChI is InChI=1S/C12H23N5/c1-10(2)6-13-7-11(3)16-4-5-17-9-14-15-12(17)8-16/h9-11,13H,4-8H2,1-3H3. The van der Waals surface area contributed by atoms with E-state index in [1.165, 1.54) is 0 Å². The first-order valence-corrected chi connectivity index (χ1v) is 6.48. The largest absolute Gasteiger partial charge is 0.315 e. The Labute approximate surface area is 103 Å². The number of hydrogen-bond donors (Lipinski definition) is 1. The summed E-state index contributed by atoms with van der Waals surface area (Å²) < 4.78 is 2.14. The first-order chi connectivity index (χ1) is 8.16. The van der Waals surface area contributed by atoms with Gasteiger partial charge in [-0.05, 0) is 19.4 Å². The minimum Gasteiger partial charge on any atom is -0.315 e. The molecular formula is C12H23N5. The molecule has 0 aliphatic carbocycles. The van der Waals surface area contributed by atoms with Crippen LogP contribution in [0.4, 0.5) is 0 Å². The highest BCUT2D eigenvalue weighted by Crippen LogP contribution is 2.11. The van der Waals surface area contributed by atoms with E-state index < -0.39 is 0 Å². The number of fused-ring (bicyclic) bond motifs is 1. The van der Waals surface area contributed by atoms with Crippen LogP contribution < -0.4 is 5.32 Å². The van der Waals surface area contributed by atoms with E-state index in [1.807, 2.05) is 6.33 Å². The fourth-order valence-electron chi connectivity index (χ4n) is 2.17. The van der Waals surface area contributed by atoms with Crippen molar-refractivity contribution in [3.8, 4) is 0 Å². The maximum Gasteiger partial charge on any atom is 0.147 e. The first kappa shape index (κ1) is 12.5. The van der Waals surface area contributed by atoms with Gasteiger partial charge in [-0.3, -0.25) is 4.90 Å². The average Bonchev–Trinajstić information content (AvgIpc) is 2.75. The van der Waals surface area contributed by atoms with E-state index >= 15 is 0 Å². The number of nitrogens with zero attached hydrogens (tertiary/aromatic N) is 4. The number of aromatic nitrogens is 3. The zero-order valence-corrected chi connectivity index (χ0v) is 11.1. The lowest BCUT2D eigenvalue weighted by molar-refractivity contribution is 0.159. The highest BCUT2D eigenvalue weighted by molar-refractivity contribution is 4.91. The van der Waals surface area contributed by atoms with E-state index in [2.05, 4.69) is 45.8 Å². The Morgan fingerprint density at radius 1 is 1.29 bits per heavy atom. The first-order valence-electron chi connectivity index (χ1n) is 6.48. The van der Waals surface area contributed by atoms with Gasteiger partial charge in [0.15, 0.2) is 0 Å². The van der Waals surface area contributed by atoms with Crippen LogP contribution in [0.5, 0.6) is 0 Å². The van der Waals surface area contributed by atoms with Gasteiger partial charge in [0.1, 0.15) is 12.2 Å². The molecule has 0 saturated carbocycles. The molecule has 1 aliphatic rings. The fourth-order valence-corrected chi connectivity index (χ4v) is 2.17. The van der Waals surface area contributed by atoms with Crippen LogP contribution in [0.15, 0.2) is 6.33 Å². The smallest absolute Gasteiger partial charge is 0.147 e. The minimum absolute atomic E-state index is 0.555. The third-order valence-corrected chi connectivity index (χ3v) is 3.28. The average molecular weight is 237 g/mol. The molecule has 1 aliphatic heterocycles. The summed E-state index contributed by atoms with van der Waals surface area (Å²) in [5, 5.41) is 11.6. The van der Waals surface area contributed by atoms with Gasteiger partial charge in [0.2, 0.25) is 0 Å². The van der Waals surface area contributed by atoms with Gasteiger partial charge >= 0.3 is 0 Å². The molecule has 1 aromatic heterocycles.